The van der Waals surface area contributed by atoms with Gasteiger partial charge in [-0.1, -0.05) is 0 Å². The molecule has 2 amide bonds. The lowest BCUT2D eigenvalue weighted by Gasteiger charge is -2.32. The van der Waals surface area contributed by atoms with E-state index in [0.717, 1.165) is 40.8 Å². The number of amides is 2. The summed E-state index contributed by atoms with van der Waals surface area (Å²) in [7, 11) is 0. The number of aryl methyl sites for hydroxylation is 2. The smallest absolute Gasteiger partial charge is 0.287 e. The molecule has 8 heteroatoms. The molecule has 180 valence electrons. The Morgan fingerprint density at radius 1 is 1.12 bits per heavy atom. The highest BCUT2D eigenvalue weighted by Gasteiger charge is 2.33. The van der Waals surface area contributed by atoms with Crippen molar-refractivity contribution < 1.29 is 14.0 Å². The zero-order chi connectivity index (χ0) is 24.2. The number of carbonyl (C=O) groups excluding carboxylic acids is 2. The van der Waals surface area contributed by atoms with Gasteiger partial charge in [0, 0.05) is 36.3 Å². The minimum Gasteiger partial charge on any atom is -0.459 e. The van der Waals surface area contributed by atoms with Gasteiger partial charge in [0.2, 0.25) is 0 Å². The third kappa shape index (κ3) is 4.10. The lowest BCUT2D eigenvalue weighted by Crippen LogP contribution is -2.46. The molecule has 34 heavy (non-hydrogen) atoms. The first-order valence-electron chi connectivity index (χ1n) is 12.2. The van der Waals surface area contributed by atoms with Crippen molar-refractivity contribution >= 4 is 22.8 Å². The first kappa shape index (κ1) is 22.6. The molecule has 2 fully saturated rings. The van der Waals surface area contributed by atoms with Gasteiger partial charge in [-0.15, -0.1) is 0 Å². The fourth-order valence-corrected chi connectivity index (χ4v) is 4.79. The van der Waals surface area contributed by atoms with Crippen LogP contribution in [0.2, 0.25) is 0 Å². The van der Waals surface area contributed by atoms with Crippen LogP contribution in [0, 0.1) is 13.8 Å². The molecule has 1 N–H and O–H groups in total. The van der Waals surface area contributed by atoms with E-state index in [4.69, 9.17) is 14.5 Å². The van der Waals surface area contributed by atoms with E-state index in [2.05, 4.69) is 26.1 Å². The predicted octanol–water partition coefficient (Wildman–Crippen LogP) is 4.31. The molecule has 1 aliphatic heterocycles. The van der Waals surface area contributed by atoms with Gasteiger partial charge < -0.3 is 14.6 Å². The zero-order valence-corrected chi connectivity index (χ0v) is 20.6. The monoisotopic (exact) mass is 463 g/mol. The Labute approximate surface area is 199 Å². The zero-order valence-electron chi connectivity index (χ0n) is 20.6. The predicted molar refractivity (Wildman–Crippen MR) is 129 cm³/mol. The molecule has 8 nitrogen and oxygen atoms in total. The van der Waals surface area contributed by atoms with Crippen LogP contribution < -0.4 is 5.32 Å². The van der Waals surface area contributed by atoms with Crippen molar-refractivity contribution in [3.8, 4) is 0 Å². The summed E-state index contributed by atoms with van der Waals surface area (Å²) in [6.45, 7) is 11.3. The van der Waals surface area contributed by atoms with Gasteiger partial charge in [-0.25, -0.2) is 9.67 Å². The average molecular weight is 464 g/mol. The number of pyridine rings is 1. The fraction of sp³-hybridized carbons (Fsp3) is 0.538. The SMILES string of the molecule is Cc1ccoc1C(=O)NC1CCN(C(=O)c2cc(C3CC3)nc3c2c(C)nn3C(C)(C)C)CC1. The van der Waals surface area contributed by atoms with Crippen LogP contribution in [0.5, 0.6) is 0 Å². The molecule has 0 atom stereocenters. The molecule has 0 spiro atoms. The quantitative estimate of drug-likeness (QED) is 0.622. The van der Waals surface area contributed by atoms with Crippen molar-refractivity contribution in [3.63, 3.8) is 0 Å². The summed E-state index contributed by atoms with van der Waals surface area (Å²) < 4.78 is 7.26. The highest BCUT2D eigenvalue weighted by atomic mass is 16.3. The molecule has 3 aromatic rings. The summed E-state index contributed by atoms with van der Waals surface area (Å²) in [6.07, 6.45) is 5.19. The van der Waals surface area contributed by atoms with Crippen LogP contribution >= 0.6 is 0 Å². The number of aromatic nitrogens is 3. The molecular weight excluding hydrogens is 430 g/mol. The highest BCUT2D eigenvalue weighted by molar-refractivity contribution is 6.06. The van der Waals surface area contributed by atoms with Crippen LogP contribution in [0.4, 0.5) is 0 Å². The van der Waals surface area contributed by atoms with Crippen molar-refractivity contribution in [2.45, 2.75) is 77.8 Å². The molecule has 0 aromatic carbocycles. The average Bonchev–Trinajstić information content (AvgIpc) is 3.47. The molecule has 1 aliphatic carbocycles. The van der Waals surface area contributed by atoms with Gasteiger partial charge >= 0.3 is 0 Å². The second-order valence-corrected chi connectivity index (χ2v) is 10.7. The van der Waals surface area contributed by atoms with Crippen LogP contribution in [0.15, 0.2) is 22.8 Å². The van der Waals surface area contributed by atoms with Crippen LogP contribution in [-0.2, 0) is 5.54 Å². The number of nitrogens with zero attached hydrogens (tertiary/aromatic N) is 4. The van der Waals surface area contributed by atoms with Crippen molar-refractivity contribution in [2.75, 3.05) is 13.1 Å². The van der Waals surface area contributed by atoms with E-state index in [1.54, 1.807) is 6.07 Å². The molecule has 1 saturated carbocycles. The Hall–Kier alpha value is -3.16. The number of rotatable bonds is 4. The van der Waals surface area contributed by atoms with Gasteiger partial charge in [0.25, 0.3) is 11.8 Å². The summed E-state index contributed by atoms with van der Waals surface area (Å²) in [5.74, 6) is 0.627. The van der Waals surface area contributed by atoms with Crippen molar-refractivity contribution in [3.05, 3.63) is 46.7 Å². The first-order valence-corrected chi connectivity index (χ1v) is 12.2. The molecule has 0 radical (unpaired) electrons. The Morgan fingerprint density at radius 3 is 2.41 bits per heavy atom. The molecule has 1 saturated heterocycles. The molecular formula is C26H33N5O3. The van der Waals surface area contributed by atoms with E-state index in [0.29, 0.717) is 43.2 Å². The van der Waals surface area contributed by atoms with Gasteiger partial charge in [0.05, 0.1) is 28.4 Å². The van der Waals surface area contributed by atoms with E-state index in [-0.39, 0.29) is 23.4 Å². The fourth-order valence-electron chi connectivity index (χ4n) is 4.79. The summed E-state index contributed by atoms with van der Waals surface area (Å²) >= 11 is 0. The van der Waals surface area contributed by atoms with Gasteiger partial charge in [-0.3, -0.25) is 9.59 Å². The van der Waals surface area contributed by atoms with Crippen LogP contribution in [0.3, 0.4) is 0 Å². The number of piperidine rings is 1. The number of nitrogens with one attached hydrogen (secondary N) is 1. The van der Waals surface area contributed by atoms with Crippen molar-refractivity contribution in [1.82, 2.24) is 25.0 Å². The number of hydrogen-bond acceptors (Lipinski definition) is 5. The van der Waals surface area contributed by atoms with Gasteiger partial charge in [-0.2, -0.15) is 5.10 Å². The van der Waals surface area contributed by atoms with Gasteiger partial charge in [0.15, 0.2) is 11.4 Å². The van der Waals surface area contributed by atoms with E-state index in [1.165, 1.54) is 6.26 Å². The number of likely N-dealkylation sites (tertiary alicyclic amines) is 1. The summed E-state index contributed by atoms with van der Waals surface area (Å²) in [5.41, 5.74) is 3.92. The lowest BCUT2D eigenvalue weighted by molar-refractivity contribution is 0.0697. The van der Waals surface area contributed by atoms with Crippen LogP contribution in [0.1, 0.15) is 90.2 Å². The third-order valence-corrected chi connectivity index (χ3v) is 6.88. The van der Waals surface area contributed by atoms with Crippen molar-refractivity contribution in [1.29, 1.82) is 0 Å². The van der Waals surface area contributed by atoms with E-state index in [9.17, 15) is 9.59 Å². The maximum Gasteiger partial charge on any atom is 0.287 e. The first-order chi connectivity index (χ1) is 16.1. The second kappa shape index (κ2) is 8.25. The largest absolute Gasteiger partial charge is 0.459 e. The van der Waals surface area contributed by atoms with E-state index >= 15 is 0 Å². The Bertz CT molecular complexity index is 1250. The van der Waals surface area contributed by atoms with Crippen molar-refractivity contribution in [2.24, 2.45) is 0 Å². The molecule has 3 aromatic heterocycles. The molecule has 5 rings (SSSR count). The Balaban J connectivity index is 1.37. The second-order valence-electron chi connectivity index (χ2n) is 10.7. The van der Waals surface area contributed by atoms with Gasteiger partial charge in [0.1, 0.15) is 0 Å². The highest BCUT2D eigenvalue weighted by Crippen LogP contribution is 2.41. The number of furan rings is 1. The lowest BCUT2D eigenvalue weighted by atomic mass is 10.0. The molecule has 0 unspecified atom stereocenters. The molecule has 4 heterocycles. The van der Waals surface area contributed by atoms with Gasteiger partial charge in [-0.05, 0) is 72.4 Å². The van der Waals surface area contributed by atoms with Crippen LogP contribution in [0.25, 0.3) is 11.0 Å². The number of carbonyl (C=O) groups is 2. The standard InChI is InChI=1S/C26H33N5O3/c1-15-10-13-34-22(15)24(32)27-18-8-11-30(12-9-18)25(33)19-14-20(17-6-7-17)28-23-21(19)16(2)29-31(23)26(3,4)5/h10,13-14,17-18H,6-9,11-12H2,1-5H3,(H,27,32). The van der Waals surface area contributed by atoms with E-state index in [1.807, 2.05) is 29.5 Å². The number of fused-ring (bicyclic) bond motifs is 1. The molecule has 2 aliphatic rings. The molecule has 0 bridgehead atoms. The topological polar surface area (TPSA) is 93.3 Å². The summed E-state index contributed by atoms with van der Waals surface area (Å²) in [6, 6.07) is 3.80. The Morgan fingerprint density at radius 2 is 1.82 bits per heavy atom. The summed E-state index contributed by atoms with van der Waals surface area (Å²) in [4.78, 5) is 33.1. The summed E-state index contributed by atoms with van der Waals surface area (Å²) in [5, 5.41) is 8.69. The minimum absolute atomic E-state index is 0.0194. The minimum atomic E-state index is -0.231. The van der Waals surface area contributed by atoms with E-state index < -0.39 is 0 Å². The third-order valence-electron chi connectivity index (χ3n) is 6.88. The normalized spacial score (nSPS) is 17.4. The maximum absolute atomic E-state index is 13.7. The Kier molecular flexibility index (Phi) is 5.49. The maximum atomic E-state index is 13.7. The van der Waals surface area contributed by atoms with Crippen LogP contribution in [-0.4, -0.2) is 50.6 Å². The number of hydrogen-bond donors (Lipinski definition) is 1.